The van der Waals surface area contributed by atoms with Crippen LogP contribution in [0.15, 0.2) is 29.4 Å². The highest BCUT2D eigenvalue weighted by atomic mass is 35.5. The van der Waals surface area contributed by atoms with Crippen molar-refractivity contribution in [2.24, 2.45) is 5.73 Å². The molecule has 68 valence electrons. The minimum absolute atomic E-state index is 0. The van der Waals surface area contributed by atoms with Crippen LogP contribution in [0.25, 0.3) is 0 Å². The molecule has 0 bridgehead atoms. The fourth-order valence-corrected chi connectivity index (χ4v) is 1.38. The predicted octanol–water partition coefficient (Wildman–Crippen LogP) is 0.793. The SMILES string of the molecule is Cl.NCCSc1cccc[n+]1[O-]. The van der Waals surface area contributed by atoms with Gasteiger partial charge in [-0.1, -0.05) is 11.8 Å². The van der Waals surface area contributed by atoms with Gasteiger partial charge in [0.15, 0.2) is 6.20 Å². The quantitative estimate of drug-likeness (QED) is 0.452. The van der Waals surface area contributed by atoms with E-state index in [9.17, 15) is 5.21 Å². The van der Waals surface area contributed by atoms with E-state index in [0.717, 1.165) is 10.5 Å². The number of pyridine rings is 1. The van der Waals surface area contributed by atoms with Gasteiger partial charge in [-0.2, -0.15) is 4.73 Å². The summed E-state index contributed by atoms with van der Waals surface area (Å²) in [5, 5.41) is 11.7. The van der Waals surface area contributed by atoms with Gasteiger partial charge in [-0.05, 0) is 6.07 Å². The second-order valence-electron chi connectivity index (χ2n) is 2.00. The summed E-state index contributed by atoms with van der Waals surface area (Å²) >= 11 is 1.47. The molecule has 0 amide bonds. The number of hydrogen-bond donors (Lipinski definition) is 1. The number of nitrogens with two attached hydrogens (primary N) is 1. The van der Waals surface area contributed by atoms with Crippen molar-refractivity contribution in [3.05, 3.63) is 29.6 Å². The molecule has 0 atom stereocenters. The van der Waals surface area contributed by atoms with Gasteiger partial charge in [0.2, 0.25) is 0 Å². The van der Waals surface area contributed by atoms with Gasteiger partial charge in [-0.15, -0.1) is 12.4 Å². The van der Waals surface area contributed by atoms with E-state index in [4.69, 9.17) is 5.73 Å². The lowest BCUT2D eigenvalue weighted by Crippen LogP contribution is -2.28. The van der Waals surface area contributed by atoms with Crippen molar-refractivity contribution in [1.29, 1.82) is 0 Å². The Morgan fingerprint density at radius 2 is 2.25 bits per heavy atom. The van der Waals surface area contributed by atoms with Crippen LogP contribution in [0.3, 0.4) is 0 Å². The first-order chi connectivity index (χ1) is 5.34. The molecule has 12 heavy (non-hydrogen) atoms. The van der Waals surface area contributed by atoms with Gasteiger partial charge >= 0.3 is 0 Å². The van der Waals surface area contributed by atoms with E-state index in [2.05, 4.69) is 0 Å². The smallest absolute Gasteiger partial charge is 0.251 e. The fourth-order valence-electron chi connectivity index (χ4n) is 0.688. The Bertz CT molecular complexity index is 234. The monoisotopic (exact) mass is 206 g/mol. The van der Waals surface area contributed by atoms with Gasteiger partial charge in [0, 0.05) is 24.4 Å². The summed E-state index contributed by atoms with van der Waals surface area (Å²) < 4.78 is 0.848. The van der Waals surface area contributed by atoms with Crippen molar-refractivity contribution >= 4 is 24.2 Å². The number of thioether (sulfide) groups is 1. The average Bonchev–Trinajstić information content (AvgIpc) is 2.03. The molecule has 3 nitrogen and oxygen atoms in total. The number of rotatable bonds is 3. The molecule has 0 unspecified atom stereocenters. The van der Waals surface area contributed by atoms with Gasteiger partial charge in [0.05, 0.1) is 0 Å². The topological polar surface area (TPSA) is 53.0 Å². The zero-order chi connectivity index (χ0) is 8.10. The van der Waals surface area contributed by atoms with Crippen molar-refractivity contribution in [3.8, 4) is 0 Å². The molecule has 0 saturated heterocycles. The zero-order valence-electron chi connectivity index (χ0n) is 6.47. The summed E-state index contributed by atoms with van der Waals surface area (Å²) in [5.74, 6) is 0.784. The molecule has 5 heteroatoms. The molecule has 0 aliphatic rings. The minimum atomic E-state index is 0. The van der Waals surface area contributed by atoms with Crippen LogP contribution in [0.5, 0.6) is 0 Å². The Hall–Kier alpha value is -0.450. The van der Waals surface area contributed by atoms with Crippen LogP contribution >= 0.6 is 24.2 Å². The Kier molecular flexibility index (Phi) is 5.88. The maximum atomic E-state index is 11.0. The minimum Gasteiger partial charge on any atom is -0.618 e. The van der Waals surface area contributed by atoms with Crippen molar-refractivity contribution < 1.29 is 4.73 Å². The van der Waals surface area contributed by atoms with E-state index in [0.29, 0.717) is 11.6 Å². The molecular formula is C7H11ClN2OS. The molecule has 1 aromatic heterocycles. The fraction of sp³-hybridized carbons (Fsp3) is 0.286. The lowest BCUT2D eigenvalue weighted by molar-refractivity contribution is -0.645. The van der Waals surface area contributed by atoms with Crippen LogP contribution in [0.1, 0.15) is 0 Å². The van der Waals surface area contributed by atoms with Crippen molar-refractivity contribution in [3.63, 3.8) is 0 Å². The van der Waals surface area contributed by atoms with E-state index in [-0.39, 0.29) is 12.4 Å². The highest BCUT2D eigenvalue weighted by Crippen LogP contribution is 2.10. The van der Waals surface area contributed by atoms with Gasteiger partial charge in [-0.25, -0.2) is 0 Å². The second kappa shape index (κ2) is 6.11. The molecule has 0 spiro atoms. The first-order valence-corrected chi connectivity index (χ1v) is 4.34. The lowest BCUT2D eigenvalue weighted by Gasteiger charge is -2.00. The third-order valence-corrected chi connectivity index (χ3v) is 2.21. The van der Waals surface area contributed by atoms with Crippen LogP contribution < -0.4 is 10.5 Å². The molecule has 0 aliphatic carbocycles. The largest absolute Gasteiger partial charge is 0.618 e. The lowest BCUT2D eigenvalue weighted by atomic mass is 10.5. The molecule has 1 heterocycles. The Morgan fingerprint density at radius 3 is 2.83 bits per heavy atom. The Balaban J connectivity index is 0.00000121. The predicted molar refractivity (Wildman–Crippen MR) is 52.4 cm³/mol. The molecule has 1 rings (SSSR count). The number of nitrogens with zero attached hydrogens (tertiary/aromatic N) is 1. The van der Waals surface area contributed by atoms with E-state index in [1.807, 2.05) is 6.07 Å². The summed E-state index contributed by atoms with van der Waals surface area (Å²) in [6.07, 6.45) is 1.48. The maximum absolute atomic E-state index is 11.0. The van der Waals surface area contributed by atoms with Gasteiger partial charge in [0.25, 0.3) is 5.03 Å². The van der Waals surface area contributed by atoms with Crippen LogP contribution in [-0.2, 0) is 0 Å². The van der Waals surface area contributed by atoms with Crippen LogP contribution in [0.4, 0.5) is 0 Å². The maximum Gasteiger partial charge on any atom is 0.251 e. The number of aromatic nitrogens is 1. The summed E-state index contributed by atoms with van der Waals surface area (Å²) in [6, 6.07) is 5.33. The summed E-state index contributed by atoms with van der Waals surface area (Å²) in [7, 11) is 0. The average molecular weight is 207 g/mol. The zero-order valence-corrected chi connectivity index (χ0v) is 8.11. The molecule has 0 saturated carbocycles. The Morgan fingerprint density at radius 1 is 1.50 bits per heavy atom. The highest BCUT2D eigenvalue weighted by Gasteiger charge is 2.01. The first-order valence-electron chi connectivity index (χ1n) is 3.35. The highest BCUT2D eigenvalue weighted by molar-refractivity contribution is 7.99. The van der Waals surface area contributed by atoms with Crippen molar-refractivity contribution in [2.75, 3.05) is 12.3 Å². The molecule has 0 radical (unpaired) electrons. The van der Waals surface area contributed by atoms with E-state index in [1.54, 1.807) is 12.1 Å². The summed E-state index contributed by atoms with van der Waals surface area (Å²) in [5.41, 5.74) is 5.29. The molecular weight excluding hydrogens is 196 g/mol. The third kappa shape index (κ3) is 3.30. The van der Waals surface area contributed by atoms with Crippen molar-refractivity contribution in [2.45, 2.75) is 5.03 Å². The van der Waals surface area contributed by atoms with E-state index < -0.39 is 0 Å². The molecule has 2 N–H and O–H groups in total. The summed E-state index contributed by atoms with van der Waals surface area (Å²) in [4.78, 5) is 0. The standard InChI is InChI=1S/C7H10N2OS.ClH/c8-4-6-11-7-3-1-2-5-9(7)10;/h1-3,5H,4,6,8H2;1H. The van der Waals surface area contributed by atoms with E-state index >= 15 is 0 Å². The normalized spacial score (nSPS) is 9.08. The Labute approximate surface area is 82.0 Å². The van der Waals surface area contributed by atoms with Crippen LogP contribution in [0, 0.1) is 5.21 Å². The van der Waals surface area contributed by atoms with E-state index in [1.165, 1.54) is 18.0 Å². The van der Waals surface area contributed by atoms with Crippen LogP contribution in [-0.4, -0.2) is 12.3 Å². The van der Waals surface area contributed by atoms with Crippen LogP contribution in [0.2, 0.25) is 0 Å². The van der Waals surface area contributed by atoms with Crippen molar-refractivity contribution in [1.82, 2.24) is 0 Å². The second-order valence-corrected chi connectivity index (χ2v) is 3.12. The molecule has 1 aromatic rings. The van der Waals surface area contributed by atoms with Gasteiger partial charge < -0.3 is 10.9 Å². The third-order valence-electron chi connectivity index (χ3n) is 1.16. The molecule has 0 aliphatic heterocycles. The van der Waals surface area contributed by atoms with Gasteiger partial charge in [-0.3, -0.25) is 0 Å². The summed E-state index contributed by atoms with van der Waals surface area (Å²) in [6.45, 7) is 0.597. The number of hydrogen-bond acceptors (Lipinski definition) is 3. The number of halogens is 1. The first kappa shape index (κ1) is 11.6. The molecule has 0 aromatic carbocycles. The molecule has 0 fully saturated rings. The van der Waals surface area contributed by atoms with Gasteiger partial charge in [0.1, 0.15) is 0 Å².